The number of hydrogen-bond donors (Lipinski definition) is 2. The van der Waals surface area contributed by atoms with Gasteiger partial charge in [0.05, 0.1) is 13.1 Å². The molecule has 0 saturated heterocycles. The molecule has 0 aliphatic carbocycles. The van der Waals surface area contributed by atoms with Gasteiger partial charge >= 0.3 is 5.97 Å². The van der Waals surface area contributed by atoms with Gasteiger partial charge in [0.15, 0.2) is 0 Å². The third-order valence-corrected chi connectivity index (χ3v) is 1.25. The summed E-state index contributed by atoms with van der Waals surface area (Å²) in [4.78, 5) is 22.1. The van der Waals surface area contributed by atoms with Crippen molar-refractivity contribution in [2.75, 3.05) is 19.6 Å². The maximum atomic E-state index is 10.5. The molecule has 0 bridgehead atoms. The summed E-state index contributed by atoms with van der Waals surface area (Å²) < 4.78 is 0. The lowest BCUT2D eigenvalue weighted by Crippen LogP contribution is -2.37. The van der Waals surface area contributed by atoms with Crippen LogP contribution in [-0.4, -0.2) is 41.5 Å². The van der Waals surface area contributed by atoms with Gasteiger partial charge in [0.25, 0.3) is 0 Å². The molecule has 0 unspecified atom stereocenters. The van der Waals surface area contributed by atoms with E-state index < -0.39 is 11.9 Å². The molecule has 6 heteroatoms. The predicted octanol–water partition coefficient (Wildman–Crippen LogP) is -0.389. The number of rotatable bonds is 6. The van der Waals surface area contributed by atoms with Gasteiger partial charge in [-0.05, 0) is 0 Å². The molecule has 1 amide bonds. The van der Waals surface area contributed by atoms with Gasteiger partial charge in [0.2, 0.25) is 5.91 Å². The van der Waals surface area contributed by atoms with E-state index in [-0.39, 0.29) is 24.7 Å². The molecule has 0 spiro atoms. The Morgan fingerprint density at radius 1 is 1.38 bits per heavy atom. The van der Waals surface area contributed by atoms with Crippen molar-refractivity contribution in [3.63, 3.8) is 0 Å². The molecule has 13 heavy (non-hydrogen) atoms. The molecule has 0 aromatic rings. The number of halogens is 1. The third kappa shape index (κ3) is 7.30. The molecule has 0 aliphatic heterocycles. The highest BCUT2D eigenvalue weighted by Crippen LogP contribution is 2.00. The van der Waals surface area contributed by atoms with Gasteiger partial charge in [-0.3, -0.25) is 14.5 Å². The number of primary amides is 1. The minimum absolute atomic E-state index is 0.136. The van der Waals surface area contributed by atoms with Crippen LogP contribution < -0.4 is 5.73 Å². The SMILES string of the molecule is C=C(Cl)CN(CC(N)=O)CC(=O)O. The predicted molar refractivity (Wildman–Crippen MR) is 48.3 cm³/mol. The van der Waals surface area contributed by atoms with E-state index in [1.807, 2.05) is 0 Å². The van der Waals surface area contributed by atoms with Crippen LogP contribution in [0.5, 0.6) is 0 Å². The van der Waals surface area contributed by atoms with Gasteiger partial charge in [0, 0.05) is 11.6 Å². The number of nitrogens with zero attached hydrogens (tertiary/aromatic N) is 1. The Morgan fingerprint density at radius 2 is 1.92 bits per heavy atom. The van der Waals surface area contributed by atoms with E-state index in [1.54, 1.807) is 0 Å². The van der Waals surface area contributed by atoms with Gasteiger partial charge in [-0.1, -0.05) is 18.2 Å². The first-order valence-electron chi connectivity index (χ1n) is 3.47. The van der Waals surface area contributed by atoms with Crippen LogP contribution in [0.2, 0.25) is 0 Å². The Labute approximate surface area is 80.8 Å². The van der Waals surface area contributed by atoms with E-state index in [1.165, 1.54) is 4.90 Å². The van der Waals surface area contributed by atoms with Crippen molar-refractivity contribution in [3.05, 3.63) is 11.6 Å². The van der Waals surface area contributed by atoms with E-state index in [0.717, 1.165) is 0 Å². The first-order chi connectivity index (χ1) is 5.91. The van der Waals surface area contributed by atoms with Crippen molar-refractivity contribution in [1.82, 2.24) is 4.90 Å². The lowest BCUT2D eigenvalue weighted by Gasteiger charge is -2.16. The normalized spacial score (nSPS) is 10.0. The van der Waals surface area contributed by atoms with Crippen molar-refractivity contribution >= 4 is 23.5 Å². The fraction of sp³-hybridized carbons (Fsp3) is 0.429. The van der Waals surface area contributed by atoms with Crippen LogP contribution >= 0.6 is 11.6 Å². The largest absolute Gasteiger partial charge is 0.480 e. The van der Waals surface area contributed by atoms with Gasteiger partial charge < -0.3 is 10.8 Å². The highest BCUT2D eigenvalue weighted by atomic mass is 35.5. The maximum absolute atomic E-state index is 10.5. The molecule has 3 N–H and O–H groups in total. The molecule has 74 valence electrons. The summed E-state index contributed by atoms with van der Waals surface area (Å²) in [6, 6.07) is 0. The Hall–Kier alpha value is -1.07. The fourth-order valence-electron chi connectivity index (χ4n) is 0.822. The Kier molecular flexibility index (Phi) is 5.10. The zero-order chi connectivity index (χ0) is 10.4. The third-order valence-electron chi connectivity index (χ3n) is 1.13. The van der Waals surface area contributed by atoms with Gasteiger partial charge in [0.1, 0.15) is 0 Å². The van der Waals surface area contributed by atoms with Gasteiger partial charge in [-0.25, -0.2) is 0 Å². The van der Waals surface area contributed by atoms with E-state index >= 15 is 0 Å². The first-order valence-corrected chi connectivity index (χ1v) is 3.85. The topological polar surface area (TPSA) is 83.6 Å². The molecule has 0 aliphatic rings. The molecule has 0 radical (unpaired) electrons. The molecule has 0 saturated carbocycles. The Bertz CT molecular complexity index is 192. The second kappa shape index (κ2) is 5.55. The molecule has 0 heterocycles. The van der Waals surface area contributed by atoms with E-state index in [0.29, 0.717) is 0 Å². The number of aliphatic carboxylic acids is 1. The van der Waals surface area contributed by atoms with Crippen LogP contribution in [0.3, 0.4) is 0 Å². The van der Waals surface area contributed by atoms with Gasteiger partial charge in [-0.15, -0.1) is 0 Å². The maximum Gasteiger partial charge on any atom is 0.317 e. The minimum atomic E-state index is -1.04. The molecular weight excluding hydrogens is 196 g/mol. The van der Waals surface area contributed by atoms with Crippen LogP contribution in [0.25, 0.3) is 0 Å². The second-order valence-electron chi connectivity index (χ2n) is 2.52. The van der Waals surface area contributed by atoms with E-state index in [4.69, 9.17) is 22.4 Å². The molecular formula is C7H11ClN2O3. The Morgan fingerprint density at radius 3 is 2.23 bits per heavy atom. The molecule has 0 rings (SSSR count). The smallest absolute Gasteiger partial charge is 0.317 e. The van der Waals surface area contributed by atoms with Crippen molar-refractivity contribution < 1.29 is 14.7 Å². The molecule has 0 atom stereocenters. The quantitative estimate of drug-likeness (QED) is 0.620. The average Bonchev–Trinajstić information content (AvgIpc) is 1.80. The van der Waals surface area contributed by atoms with E-state index in [9.17, 15) is 9.59 Å². The van der Waals surface area contributed by atoms with Crippen molar-refractivity contribution in [1.29, 1.82) is 0 Å². The number of carbonyl (C=O) groups excluding carboxylic acids is 1. The minimum Gasteiger partial charge on any atom is -0.480 e. The van der Waals surface area contributed by atoms with Crippen LogP contribution in [0, 0.1) is 0 Å². The summed E-state index contributed by atoms with van der Waals surface area (Å²) >= 11 is 5.46. The summed E-state index contributed by atoms with van der Waals surface area (Å²) in [6.07, 6.45) is 0. The second-order valence-corrected chi connectivity index (χ2v) is 3.06. The molecule has 5 nitrogen and oxygen atoms in total. The number of hydrogen-bond acceptors (Lipinski definition) is 3. The number of carbonyl (C=O) groups is 2. The summed E-state index contributed by atoms with van der Waals surface area (Å²) in [5, 5.41) is 8.71. The molecule has 0 aromatic heterocycles. The summed E-state index contributed by atoms with van der Waals surface area (Å²) in [6.45, 7) is 3.10. The van der Waals surface area contributed by atoms with Crippen molar-refractivity contribution in [3.8, 4) is 0 Å². The molecule has 0 fully saturated rings. The number of carboxylic acid groups (broad SMARTS) is 1. The standard InChI is InChI=1S/C7H11ClN2O3/c1-5(8)2-10(3-6(9)11)4-7(12)13/h1-4H2,(H2,9,11)(H,12,13). The number of carboxylic acids is 1. The Balaban J connectivity index is 4.10. The van der Waals surface area contributed by atoms with Crippen LogP contribution in [-0.2, 0) is 9.59 Å². The first kappa shape index (κ1) is 11.9. The average molecular weight is 207 g/mol. The summed E-state index contributed by atoms with van der Waals surface area (Å²) in [5.41, 5.74) is 4.90. The van der Waals surface area contributed by atoms with Crippen molar-refractivity contribution in [2.45, 2.75) is 0 Å². The van der Waals surface area contributed by atoms with E-state index in [2.05, 4.69) is 6.58 Å². The fourth-order valence-corrected chi connectivity index (χ4v) is 0.991. The van der Waals surface area contributed by atoms with Crippen LogP contribution in [0.15, 0.2) is 11.6 Å². The van der Waals surface area contributed by atoms with Crippen LogP contribution in [0.1, 0.15) is 0 Å². The highest BCUT2D eigenvalue weighted by Gasteiger charge is 2.12. The van der Waals surface area contributed by atoms with Crippen LogP contribution in [0.4, 0.5) is 0 Å². The number of nitrogens with two attached hydrogens (primary N) is 1. The van der Waals surface area contributed by atoms with Gasteiger partial charge in [-0.2, -0.15) is 0 Å². The zero-order valence-corrected chi connectivity index (χ0v) is 7.75. The summed E-state index contributed by atoms with van der Waals surface area (Å²) in [7, 11) is 0. The molecule has 0 aromatic carbocycles. The van der Waals surface area contributed by atoms with Crippen molar-refractivity contribution in [2.24, 2.45) is 5.73 Å². The highest BCUT2D eigenvalue weighted by molar-refractivity contribution is 6.29. The zero-order valence-electron chi connectivity index (χ0n) is 6.99. The number of amides is 1. The summed E-state index contributed by atoms with van der Waals surface area (Å²) in [5.74, 6) is -1.64. The monoisotopic (exact) mass is 206 g/mol. The lowest BCUT2D eigenvalue weighted by molar-refractivity contribution is -0.138. The lowest BCUT2D eigenvalue weighted by atomic mass is 10.4.